The van der Waals surface area contributed by atoms with Crippen LogP contribution in [-0.4, -0.2) is 34.5 Å². The van der Waals surface area contributed by atoms with E-state index in [0.29, 0.717) is 25.5 Å². The Hall–Kier alpha value is -0.740. The minimum absolute atomic E-state index is 0.185. The van der Waals surface area contributed by atoms with E-state index >= 15 is 0 Å². The summed E-state index contributed by atoms with van der Waals surface area (Å²) in [4.78, 5) is 22.3. The van der Waals surface area contributed by atoms with E-state index in [9.17, 15) is 19.8 Å². The molecule has 4 atom stereocenters. The van der Waals surface area contributed by atoms with E-state index in [4.69, 9.17) is 0 Å². The molecule has 1 aliphatic carbocycles. The predicted octanol–water partition coefficient (Wildman–Crippen LogP) is 1.08. The van der Waals surface area contributed by atoms with Crippen molar-refractivity contribution in [3.8, 4) is 0 Å². The van der Waals surface area contributed by atoms with Crippen LogP contribution in [0.5, 0.6) is 0 Å². The number of hydrogen-bond acceptors (Lipinski definition) is 4. The summed E-state index contributed by atoms with van der Waals surface area (Å²) < 4.78 is 0. The smallest absolute Gasteiger partial charge is 0.132 e. The minimum atomic E-state index is -0.752. The van der Waals surface area contributed by atoms with Gasteiger partial charge in [-0.15, -0.1) is 0 Å². The summed E-state index contributed by atoms with van der Waals surface area (Å²) in [6.07, 6.45) is 2.92. The first-order valence-electron chi connectivity index (χ1n) is 6.43. The lowest BCUT2D eigenvalue weighted by Crippen LogP contribution is -2.24. The van der Waals surface area contributed by atoms with Gasteiger partial charge in [0.05, 0.1) is 12.2 Å². The largest absolute Gasteiger partial charge is 0.393 e. The van der Waals surface area contributed by atoms with Gasteiger partial charge in [-0.25, -0.2) is 0 Å². The third kappa shape index (κ3) is 3.89. The van der Waals surface area contributed by atoms with Crippen molar-refractivity contribution in [1.29, 1.82) is 0 Å². The van der Waals surface area contributed by atoms with Gasteiger partial charge in [0.25, 0.3) is 0 Å². The van der Waals surface area contributed by atoms with Crippen LogP contribution in [0.2, 0.25) is 0 Å². The minimum Gasteiger partial charge on any atom is -0.393 e. The van der Waals surface area contributed by atoms with Crippen molar-refractivity contribution < 1.29 is 19.8 Å². The van der Waals surface area contributed by atoms with Crippen molar-refractivity contribution in [1.82, 2.24) is 0 Å². The maximum Gasteiger partial charge on any atom is 0.132 e. The molecule has 4 nitrogen and oxygen atoms in total. The monoisotopic (exact) mass is 242 g/mol. The van der Waals surface area contributed by atoms with Crippen molar-refractivity contribution in [3.05, 3.63) is 0 Å². The fourth-order valence-corrected chi connectivity index (χ4v) is 2.52. The Kier molecular flexibility index (Phi) is 5.78. The zero-order chi connectivity index (χ0) is 12.8. The van der Waals surface area contributed by atoms with E-state index in [1.165, 1.54) is 0 Å². The average Bonchev–Trinajstić information content (AvgIpc) is 2.57. The van der Waals surface area contributed by atoms with Gasteiger partial charge >= 0.3 is 0 Å². The molecule has 4 heteroatoms. The van der Waals surface area contributed by atoms with E-state index < -0.39 is 18.1 Å². The van der Waals surface area contributed by atoms with Gasteiger partial charge in [-0.1, -0.05) is 13.3 Å². The highest BCUT2D eigenvalue weighted by Gasteiger charge is 2.41. The maximum absolute atomic E-state index is 11.5. The number of hydrogen-bond donors (Lipinski definition) is 2. The standard InChI is InChI=1S/C13H22O4/c1-2-3-4-9(15)5-6-10-11(8-14)13(17)7-12(10)16/h8,10-13,16-17H,2-7H2,1H3/t10-,11+,12-,13+/m1/s1. The van der Waals surface area contributed by atoms with Crippen molar-refractivity contribution >= 4 is 12.1 Å². The second kappa shape index (κ2) is 6.87. The Morgan fingerprint density at radius 2 is 2.00 bits per heavy atom. The highest BCUT2D eigenvalue weighted by Crippen LogP contribution is 2.34. The molecular formula is C13H22O4. The van der Waals surface area contributed by atoms with Crippen LogP contribution in [0.25, 0.3) is 0 Å². The van der Waals surface area contributed by atoms with Gasteiger partial charge in [0.15, 0.2) is 0 Å². The molecule has 0 radical (unpaired) electrons. The normalized spacial score (nSPS) is 32.6. The highest BCUT2D eigenvalue weighted by atomic mass is 16.3. The van der Waals surface area contributed by atoms with Gasteiger partial charge in [0, 0.05) is 25.2 Å². The molecule has 1 rings (SSSR count). The summed E-state index contributed by atoms with van der Waals surface area (Å²) >= 11 is 0. The quantitative estimate of drug-likeness (QED) is 0.655. The van der Waals surface area contributed by atoms with Crippen LogP contribution in [0.4, 0.5) is 0 Å². The van der Waals surface area contributed by atoms with Crippen molar-refractivity contribution in [2.45, 2.75) is 57.7 Å². The number of aliphatic hydroxyl groups is 2. The highest BCUT2D eigenvalue weighted by molar-refractivity contribution is 5.78. The van der Waals surface area contributed by atoms with Crippen LogP contribution < -0.4 is 0 Å². The maximum atomic E-state index is 11.5. The summed E-state index contributed by atoms with van der Waals surface area (Å²) in [6.45, 7) is 2.03. The van der Waals surface area contributed by atoms with Gasteiger partial charge in [-0.2, -0.15) is 0 Å². The van der Waals surface area contributed by atoms with E-state index in [1.807, 2.05) is 6.92 Å². The molecule has 0 amide bonds. The zero-order valence-electron chi connectivity index (χ0n) is 10.3. The molecule has 0 aromatic carbocycles. The fraction of sp³-hybridized carbons (Fsp3) is 0.846. The number of ketones is 1. The fourth-order valence-electron chi connectivity index (χ4n) is 2.52. The first kappa shape index (κ1) is 14.3. The lowest BCUT2D eigenvalue weighted by molar-refractivity contribution is -0.120. The van der Waals surface area contributed by atoms with Gasteiger partial charge in [-0.05, 0) is 18.8 Å². The number of unbranched alkanes of at least 4 members (excludes halogenated alkanes) is 1. The number of rotatable bonds is 7. The molecule has 1 aliphatic rings. The number of carbonyl (C=O) groups is 2. The molecule has 0 aromatic rings. The van der Waals surface area contributed by atoms with Crippen LogP contribution >= 0.6 is 0 Å². The summed E-state index contributed by atoms with van der Waals surface area (Å²) in [7, 11) is 0. The number of Topliss-reactive ketones (excluding diaryl/α,β-unsaturated/α-hetero) is 1. The van der Waals surface area contributed by atoms with E-state index in [-0.39, 0.29) is 18.1 Å². The zero-order valence-corrected chi connectivity index (χ0v) is 10.3. The Morgan fingerprint density at radius 3 is 2.59 bits per heavy atom. The summed E-state index contributed by atoms with van der Waals surface area (Å²) in [5.74, 6) is -0.581. The van der Waals surface area contributed by atoms with Crippen LogP contribution in [0.15, 0.2) is 0 Å². The van der Waals surface area contributed by atoms with Crippen LogP contribution in [0, 0.1) is 11.8 Å². The number of carbonyl (C=O) groups excluding carboxylic acids is 2. The Labute approximate surface area is 102 Å². The van der Waals surface area contributed by atoms with Crippen molar-refractivity contribution in [3.63, 3.8) is 0 Å². The Morgan fingerprint density at radius 1 is 1.29 bits per heavy atom. The van der Waals surface area contributed by atoms with Crippen LogP contribution in [0.1, 0.15) is 45.4 Å². The molecule has 0 heterocycles. The average molecular weight is 242 g/mol. The molecule has 0 aliphatic heterocycles. The van der Waals surface area contributed by atoms with E-state index in [0.717, 1.165) is 12.8 Å². The summed E-state index contributed by atoms with van der Waals surface area (Å²) in [5.41, 5.74) is 0. The molecule has 0 unspecified atom stereocenters. The van der Waals surface area contributed by atoms with Crippen molar-refractivity contribution in [2.24, 2.45) is 11.8 Å². The number of aldehydes is 1. The third-order valence-electron chi connectivity index (χ3n) is 3.64. The van der Waals surface area contributed by atoms with E-state index in [1.54, 1.807) is 0 Å². The molecular weight excluding hydrogens is 220 g/mol. The molecule has 0 bridgehead atoms. The van der Waals surface area contributed by atoms with E-state index in [2.05, 4.69) is 0 Å². The number of aliphatic hydroxyl groups excluding tert-OH is 2. The molecule has 98 valence electrons. The Balaban J connectivity index is 2.39. The van der Waals surface area contributed by atoms with Gasteiger partial charge < -0.3 is 15.0 Å². The second-order valence-electron chi connectivity index (χ2n) is 4.93. The van der Waals surface area contributed by atoms with Crippen LogP contribution in [0.3, 0.4) is 0 Å². The first-order chi connectivity index (χ1) is 8.10. The summed E-state index contributed by atoms with van der Waals surface area (Å²) in [5, 5.41) is 19.3. The molecule has 1 saturated carbocycles. The van der Waals surface area contributed by atoms with Crippen molar-refractivity contribution in [2.75, 3.05) is 0 Å². The topological polar surface area (TPSA) is 74.6 Å². The molecule has 17 heavy (non-hydrogen) atoms. The predicted molar refractivity (Wildman–Crippen MR) is 63.4 cm³/mol. The molecule has 0 saturated heterocycles. The SMILES string of the molecule is CCCCC(=O)CC[C@@H]1[C@H](C=O)[C@@H](O)C[C@H]1O. The second-order valence-corrected chi connectivity index (χ2v) is 4.93. The van der Waals surface area contributed by atoms with Gasteiger partial charge in [0.2, 0.25) is 0 Å². The lowest BCUT2D eigenvalue weighted by atomic mass is 9.89. The van der Waals surface area contributed by atoms with Crippen LogP contribution in [-0.2, 0) is 9.59 Å². The Bertz CT molecular complexity index is 264. The molecule has 1 fully saturated rings. The first-order valence-corrected chi connectivity index (χ1v) is 6.43. The van der Waals surface area contributed by atoms with Gasteiger partial charge in [-0.3, -0.25) is 4.79 Å². The lowest BCUT2D eigenvalue weighted by Gasteiger charge is -2.18. The molecule has 0 aromatic heterocycles. The molecule has 0 spiro atoms. The molecule has 2 N–H and O–H groups in total. The van der Waals surface area contributed by atoms with Gasteiger partial charge in [0.1, 0.15) is 12.1 Å². The third-order valence-corrected chi connectivity index (χ3v) is 3.64. The summed E-state index contributed by atoms with van der Waals surface area (Å²) in [6, 6.07) is 0.